The van der Waals surface area contributed by atoms with Crippen LogP contribution in [0.15, 0.2) is 35.4 Å². The van der Waals surface area contributed by atoms with E-state index in [-0.39, 0.29) is 0 Å². The Kier molecular flexibility index (Phi) is 4.03. The van der Waals surface area contributed by atoms with Crippen LogP contribution in [-0.4, -0.2) is 24.1 Å². The Bertz CT molecular complexity index is 681. The molecule has 1 heterocycles. The molecule has 108 valence electrons. The topological polar surface area (TPSA) is 74.8 Å². The zero-order valence-corrected chi connectivity index (χ0v) is 11.4. The van der Waals surface area contributed by atoms with E-state index in [0.29, 0.717) is 12.2 Å². The molecule has 20 heavy (non-hydrogen) atoms. The van der Waals surface area contributed by atoms with Crippen LogP contribution in [0.4, 0.5) is 14.5 Å². The Morgan fingerprint density at radius 2 is 1.95 bits per heavy atom. The molecule has 1 aromatic carbocycles. The number of benzene rings is 1. The lowest BCUT2D eigenvalue weighted by atomic mass is 10.3. The van der Waals surface area contributed by atoms with Gasteiger partial charge < -0.3 is 10.3 Å². The second-order valence-electron chi connectivity index (χ2n) is 4.18. The first-order valence-electron chi connectivity index (χ1n) is 5.76. The predicted octanol–water partition coefficient (Wildman–Crippen LogP) is 2.33. The van der Waals surface area contributed by atoms with Crippen LogP contribution in [0.2, 0.25) is 0 Å². The number of halogens is 2. The molecule has 0 aliphatic rings. The smallest absolute Gasteiger partial charge is 0.341 e. The first-order chi connectivity index (χ1) is 9.39. The van der Waals surface area contributed by atoms with Crippen LogP contribution in [-0.2, 0) is 16.4 Å². The minimum Gasteiger partial charge on any atom is -0.379 e. The monoisotopic (exact) mass is 301 g/mol. The van der Waals surface area contributed by atoms with E-state index in [1.807, 2.05) is 6.92 Å². The number of aromatic nitrogens is 2. The maximum atomic E-state index is 12.4. The molecular formula is C12H13F2N3O2S. The molecule has 2 aromatic rings. The number of nitrogens with one attached hydrogen (secondary N) is 2. The molecular weight excluding hydrogens is 288 g/mol. The van der Waals surface area contributed by atoms with Crippen molar-refractivity contribution < 1.29 is 17.2 Å². The second-order valence-corrected chi connectivity index (χ2v) is 6.10. The number of aryl methyl sites for hydroxylation is 1. The molecule has 2 rings (SSSR count). The van der Waals surface area contributed by atoms with Gasteiger partial charge in [0.1, 0.15) is 5.82 Å². The highest BCUT2D eigenvalue weighted by Gasteiger charge is 2.26. The highest BCUT2D eigenvalue weighted by atomic mass is 32.2. The molecule has 0 radical (unpaired) electrons. The van der Waals surface area contributed by atoms with E-state index in [2.05, 4.69) is 15.3 Å². The van der Waals surface area contributed by atoms with Gasteiger partial charge >= 0.3 is 5.76 Å². The van der Waals surface area contributed by atoms with E-state index >= 15 is 0 Å². The van der Waals surface area contributed by atoms with E-state index in [1.54, 1.807) is 6.20 Å². The normalized spacial score (nSPS) is 11.8. The lowest BCUT2D eigenvalue weighted by Crippen LogP contribution is -2.11. The van der Waals surface area contributed by atoms with Gasteiger partial charge in [0.05, 0.1) is 23.3 Å². The van der Waals surface area contributed by atoms with Gasteiger partial charge in [0.15, 0.2) is 0 Å². The molecule has 0 aliphatic carbocycles. The minimum atomic E-state index is -4.53. The molecule has 5 nitrogen and oxygen atoms in total. The predicted molar refractivity (Wildman–Crippen MR) is 70.3 cm³/mol. The quantitative estimate of drug-likeness (QED) is 0.889. The third-order valence-corrected chi connectivity index (χ3v) is 4.05. The summed E-state index contributed by atoms with van der Waals surface area (Å²) in [5.74, 6) is -2.62. The van der Waals surface area contributed by atoms with Crippen molar-refractivity contribution in [1.29, 1.82) is 0 Å². The third kappa shape index (κ3) is 3.13. The lowest BCUT2D eigenvalue weighted by molar-refractivity contribution is 0.234. The summed E-state index contributed by atoms with van der Waals surface area (Å²) in [6.45, 7) is 2.30. The summed E-state index contributed by atoms with van der Waals surface area (Å²) >= 11 is 0. The van der Waals surface area contributed by atoms with Gasteiger partial charge in [0.2, 0.25) is 9.84 Å². The second kappa shape index (κ2) is 5.58. The molecule has 8 heteroatoms. The van der Waals surface area contributed by atoms with Crippen LogP contribution in [0, 0.1) is 6.92 Å². The molecule has 0 fully saturated rings. The number of aromatic amines is 1. The number of nitrogens with zero attached hydrogens (tertiary/aromatic N) is 1. The van der Waals surface area contributed by atoms with Gasteiger partial charge in [0, 0.05) is 5.69 Å². The Morgan fingerprint density at radius 1 is 1.30 bits per heavy atom. The molecule has 0 amide bonds. The summed E-state index contributed by atoms with van der Waals surface area (Å²) in [5.41, 5.74) is 1.50. The molecule has 0 aliphatic heterocycles. The Balaban J connectivity index is 2.05. The van der Waals surface area contributed by atoms with Crippen LogP contribution < -0.4 is 5.32 Å². The number of rotatable bonds is 5. The molecule has 0 spiro atoms. The maximum Gasteiger partial charge on any atom is 0.341 e. The largest absolute Gasteiger partial charge is 0.379 e. The van der Waals surface area contributed by atoms with E-state index < -0.39 is 20.5 Å². The van der Waals surface area contributed by atoms with Crippen molar-refractivity contribution in [2.24, 2.45) is 0 Å². The summed E-state index contributed by atoms with van der Waals surface area (Å²) in [7, 11) is -4.53. The van der Waals surface area contributed by atoms with E-state index in [4.69, 9.17) is 0 Å². The summed E-state index contributed by atoms with van der Waals surface area (Å²) in [5, 5.41) is 3.03. The number of hydrogen-bond donors (Lipinski definition) is 2. The van der Waals surface area contributed by atoms with Gasteiger partial charge in [-0.05, 0) is 31.2 Å². The van der Waals surface area contributed by atoms with Crippen LogP contribution >= 0.6 is 0 Å². The highest BCUT2D eigenvalue weighted by molar-refractivity contribution is 7.91. The minimum absolute atomic E-state index is 0.393. The number of hydrogen-bond acceptors (Lipinski definition) is 4. The van der Waals surface area contributed by atoms with Crippen LogP contribution in [0.25, 0.3) is 0 Å². The van der Waals surface area contributed by atoms with E-state index in [9.17, 15) is 17.2 Å². The fraction of sp³-hybridized carbons (Fsp3) is 0.250. The van der Waals surface area contributed by atoms with Crippen molar-refractivity contribution in [1.82, 2.24) is 9.97 Å². The van der Waals surface area contributed by atoms with Crippen molar-refractivity contribution in [2.45, 2.75) is 24.1 Å². The number of anilines is 1. The molecule has 1 aromatic heterocycles. The molecule has 0 saturated heterocycles. The van der Waals surface area contributed by atoms with Gasteiger partial charge in [-0.3, -0.25) is 0 Å². The van der Waals surface area contributed by atoms with Crippen molar-refractivity contribution in [2.75, 3.05) is 5.32 Å². The van der Waals surface area contributed by atoms with Gasteiger partial charge in [-0.15, -0.1) is 0 Å². The molecule has 0 saturated carbocycles. The fourth-order valence-electron chi connectivity index (χ4n) is 1.62. The first-order valence-corrected chi connectivity index (χ1v) is 7.30. The highest BCUT2D eigenvalue weighted by Crippen LogP contribution is 2.20. The zero-order valence-electron chi connectivity index (χ0n) is 10.6. The molecule has 2 N–H and O–H groups in total. The summed E-state index contributed by atoms with van der Waals surface area (Å²) in [6.07, 6.45) is 1.68. The fourth-order valence-corrected chi connectivity index (χ4v) is 2.35. The van der Waals surface area contributed by atoms with Crippen LogP contribution in [0.1, 0.15) is 11.5 Å². The molecule has 0 atom stereocenters. The standard InChI is InChI=1S/C12H13F2N3O2S/c1-8-15-6-10(17-8)7-16-9-2-4-11(5-3-9)20(18,19)12(13)14/h2-6,12,16H,7H2,1H3,(H,15,17). The number of sulfone groups is 1. The lowest BCUT2D eigenvalue weighted by Gasteiger charge is -2.07. The van der Waals surface area contributed by atoms with Crippen LogP contribution in [0.3, 0.4) is 0 Å². The average molecular weight is 301 g/mol. The third-order valence-electron chi connectivity index (χ3n) is 2.66. The summed E-state index contributed by atoms with van der Waals surface area (Å²) in [4.78, 5) is 6.67. The Morgan fingerprint density at radius 3 is 2.45 bits per heavy atom. The van der Waals surface area contributed by atoms with Gasteiger partial charge in [0.25, 0.3) is 0 Å². The number of imidazole rings is 1. The van der Waals surface area contributed by atoms with Crippen molar-refractivity contribution >= 4 is 15.5 Å². The Labute approximate surface area is 115 Å². The van der Waals surface area contributed by atoms with E-state index in [1.165, 1.54) is 12.1 Å². The summed E-state index contributed by atoms with van der Waals surface area (Å²) < 4.78 is 47.2. The maximum absolute atomic E-state index is 12.4. The van der Waals surface area contributed by atoms with Crippen molar-refractivity contribution in [3.63, 3.8) is 0 Å². The van der Waals surface area contributed by atoms with Crippen molar-refractivity contribution in [3.8, 4) is 0 Å². The van der Waals surface area contributed by atoms with Crippen molar-refractivity contribution in [3.05, 3.63) is 42.0 Å². The van der Waals surface area contributed by atoms with Gasteiger partial charge in [-0.1, -0.05) is 0 Å². The van der Waals surface area contributed by atoms with E-state index in [0.717, 1.165) is 23.7 Å². The first kappa shape index (κ1) is 14.4. The molecule has 0 bridgehead atoms. The number of H-pyrrole nitrogens is 1. The SMILES string of the molecule is Cc1ncc(CNc2ccc(S(=O)(=O)C(F)F)cc2)[nH]1. The average Bonchev–Trinajstić information content (AvgIpc) is 2.82. The Hall–Kier alpha value is -1.96. The summed E-state index contributed by atoms with van der Waals surface area (Å²) in [6, 6.07) is 5.20. The zero-order chi connectivity index (χ0) is 14.8. The van der Waals surface area contributed by atoms with Crippen LogP contribution in [0.5, 0.6) is 0 Å². The van der Waals surface area contributed by atoms with Gasteiger partial charge in [-0.25, -0.2) is 13.4 Å². The number of alkyl halides is 2. The van der Waals surface area contributed by atoms with Gasteiger partial charge in [-0.2, -0.15) is 8.78 Å². The molecule has 0 unspecified atom stereocenters.